The van der Waals surface area contributed by atoms with Crippen LogP contribution >= 0.6 is 0 Å². The van der Waals surface area contributed by atoms with Gasteiger partial charge in [0, 0.05) is 26.0 Å². The lowest BCUT2D eigenvalue weighted by molar-refractivity contribution is -0.0263. The number of carbonyl (C=O) groups is 1. The van der Waals surface area contributed by atoms with Crippen molar-refractivity contribution in [3.8, 4) is 5.88 Å². The Morgan fingerprint density at radius 2 is 2.13 bits per heavy atom. The highest BCUT2D eigenvalue weighted by Crippen LogP contribution is 2.34. The van der Waals surface area contributed by atoms with Gasteiger partial charge in [0.25, 0.3) is 11.8 Å². The number of nitrogens with one attached hydrogen (secondary N) is 1. The monoisotopic (exact) mass is 435 g/mol. The third-order valence-corrected chi connectivity index (χ3v) is 5.44. The molecular weight excluding hydrogens is 408 g/mol. The van der Waals surface area contributed by atoms with Crippen LogP contribution in [-0.2, 0) is 6.42 Å². The van der Waals surface area contributed by atoms with E-state index in [0.29, 0.717) is 55.2 Å². The van der Waals surface area contributed by atoms with Gasteiger partial charge < -0.3 is 19.5 Å². The van der Waals surface area contributed by atoms with E-state index in [1.165, 1.54) is 4.90 Å². The molecule has 31 heavy (non-hydrogen) atoms. The maximum absolute atomic E-state index is 13.4. The maximum atomic E-state index is 13.4. The Bertz CT molecular complexity index is 923. The summed E-state index contributed by atoms with van der Waals surface area (Å²) in [7, 11) is 0. The number of nitrogens with zero attached hydrogens (tertiary/aromatic N) is 4. The van der Waals surface area contributed by atoms with Gasteiger partial charge in [0.1, 0.15) is 0 Å². The summed E-state index contributed by atoms with van der Waals surface area (Å²) in [6.07, 6.45) is 3.62. The van der Waals surface area contributed by atoms with Gasteiger partial charge in [0.15, 0.2) is 11.5 Å². The molecule has 2 aromatic rings. The van der Waals surface area contributed by atoms with Crippen molar-refractivity contribution >= 4 is 11.6 Å². The number of aromatic nitrogens is 3. The molecule has 2 fully saturated rings. The number of anilines is 1. The van der Waals surface area contributed by atoms with Crippen molar-refractivity contribution in [3.05, 3.63) is 29.5 Å². The second-order valence-corrected chi connectivity index (χ2v) is 8.57. The third kappa shape index (κ3) is 5.68. The second kappa shape index (κ2) is 8.76. The molecule has 1 aliphatic heterocycles. The fourth-order valence-corrected chi connectivity index (χ4v) is 3.46. The molecule has 0 bridgehead atoms. The standard InChI is InChI=1S/C21H27F2N5O3/c1-13(9-17-25-14(2)31-27-17)7-8-24-20(29)19-16(28-11-21(22,23)12-28)5-6-18(26-19)30-10-15-3-4-15/h5-6,13,15H,3-4,7-12H2,1-2H3,(H,24,29). The van der Waals surface area contributed by atoms with Crippen molar-refractivity contribution < 1.29 is 22.8 Å². The molecule has 0 spiro atoms. The van der Waals surface area contributed by atoms with Crippen molar-refractivity contribution in [1.29, 1.82) is 0 Å². The Kier molecular flexibility index (Phi) is 6.06. The van der Waals surface area contributed by atoms with E-state index in [2.05, 4.69) is 20.4 Å². The Morgan fingerprint density at radius 1 is 1.35 bits per heavy atom. The van der Waals surface area contributed by atoms with E-state index >= 15 is 0 Å². The molecule has 1 atom stereocenters. The summed E-state index contributed by atoms with van der Waals surface area (Å²) in [6.45, 7) is 3.92. The van der Waals surface area contributed by atoms with Crippen LogP contribution in [0.3, 0.4) is 0 Å². The Balaban J connectivity index is 1.36. The van der Waals surface area contributed by atoms with E-state index in [9.17, 15) is 13.6 Å². The van der Waals surface area contributed by atoms with Crippen LogP contribution in [0.5, 0.6) is 5.88 Å². The van der Waals surface area contributed by atoms with Gasteiger partial charge >= 0.3 is 0 Å². The number of hydrogen-bond acceptors (Lipinski definition) is 7. The van der Waals surface area contributed by atoms with Gasteiger partial charge in [-0.15, -0.1) is 0 Å². The molecule has 1 aliphatic carbocycles. The van der Waals surface area contributed by atoms with Gasteiger partial charge in [0.2, 0.25) is 11.8 Å². The largest absolute Gasteiger partial charge is 0.477 e. The lowest BCUT2D eigenvalue weighted by Crippen LogP contribution is -2.57. The van der Waals surface area contributed by atoms with E-state index in [0.717, 1.165) is 12.8 Å². The second-order valence-electron chi connectivity index (χ2n) is 8.57. The van der Waals surface area contributed by atoms with E-state index in [1.807, 2.05) is 6.92 Å². The number of amides is 1. The summed E-state index contributed by atoms with van der Waals surface area (Å²) in [5.74, 6) is -0.866. The fraction of sp³-hybridized carbons (Fsp3) is 0.619. The average molecular weight is 435 g/mol. The van der Waals surface area contributed by atoms with Crippen LogP contribution in [0.25, 0.3) is 0 Å². The number of pyridine rings is 1. The Labute approximate surface area is 179 Å². The maximum Gasteiger partial charge on any atom is 0.282 e. The smallest absolute Gasteiger partial charge is 0.282 e. The molecule has 1 N–H and O–H groups in total. The zero-order valence-corrected chi connectivity index (χ0v) is 17.7. The Morgan fingerprint density at radius 3 is 2.77 bits per heavy atom. The van der Waals surface area contributed by atoms with Crippen molar-refractivity contribution in [1.82, 2.24) is 20.4 Å². The van der Waals surface area contributed by atoms with Crippen molar-refractivity contribution in [2.24, 2.45) is 11.8 Å². The number of alkyl halides is 2. The van der Waals surface area contributed by atoms with Gasteiger partial charge in [-0.1, -0.05) is 12.1 Å². The van der Waals surface area contributed by atoms with Gasteiger partial charge in [-0.25, -0.2) is 13.8 Å². The topological polar surface area (TPSA) is 93.4 Å². The van der Waals surface area contributed by atoms with Gasteiger partial charge in [0.05, 0.1) is 25.4 Å². The Hall–Kier alpha value is -2.78. The number of aryl methyl sites for hydroxylation is 1. The van der Waals surface area contributed by atoms with Crippen LogP contribution < -0.4 is 15.0 Å². The van der Waals surface area contributed by atoms with Crippen molar-refractivity contribution in [3.63, 3.8) is 0 Å². The highest BCUT2D eigenvalue weighted by atomic mass is 19.3. The number of hydrogen-bond donors (Lipinski definition) is 1. The summed E-state index contributed by atoms with van der Waals surface area (Å²) >= 11 is 0. The van der Waals surface area contributed by atoms with Gasteiger partial charge in [-0.3, -0.25) is 4.79 Å². The average Bonchev–Trinajstić information content (AvgIpc) is 3.45. The molecule has 1 amide bonds. The zero-order valence-electron chi connectivity index (χ0n) is 17.7. The number of halogens is 2. The van der Waals surface area contributed by atoms with Crippen LogP contribution in [0.4, 0.5) is 14.5 Å². The molecule has 0 radical (unpaired) electrons. The van der Waals surface area contributed by atoms with Crippen LogP contribution in [0.15, 0.2) is 16.7 Å². The predicted octanol–water partition coefficient (Wildman–Crippen LogP) is 3.02. The first kappa shape index (κ1) is 21.5. The fourth-order valence-electron chi connectivity index (χ4n) is 3.46. The molecule has 3 heterocycles. The summed E-state index contributed by atoms with van der Waals surface area (Å²) in [5.41, 5.74) is 0.516. The van der Waals surface area contributed by atoms with E-state index in [-0.39, 0.29) is 11.6 Å². The molecule has 2 aliphatic rings. The van der Waals surface area contributed by atoms with Crippen LogP contribution in [-0.4, -0.2) is 53.2 Å². The van der Waals surface area contributed by atoms with Crippen LogP contribution in [0.1, 0.15) is 48.4 Å². The third-order valence-electron chi connectivity index (χ3n) is 5.44. The molecule has 10 heteroatoms. The van der Waals surface area contributed by atoms with E-state index < -0.39 is 24.9 Å². The summed E-state index contributed by atoms with van der Waals surface area (Å²) in [6, 6.07) is 3.28. The number of carbonyl (C=O) groups excluding carboxylic acids is 1. The lowest BCUT2D eigenvalue weighted by atomic mass is 10.0. The molecule has 1 saturated heterocycles. The van der Waals surface area contributed by atoms with Gasteiger partial charge in [-0.05, 0) is 37.2 Å². The summed E-state index contributed by atoms with van der Waals surface area (Å²) in [4.78, 5) is 22.8. The highest BCUT2D eigenvalue weighted by Gasteiger charge is 2.45. The van der Waals surface area contributed by atoms with Gasteiger partial charge in [-0.2, -0.15) is 4.98 Å². The minimum atomic E-state index is -2.74. The first-order valence-electron chi connectivity index (χ1n) is 10.6. The number of ether oxygens (including phenoxy) is 1. The summed E-state index contributed by atoms with van der Waals surface area (Å²) in [5, 5.41) is 6.74. The van der Waals surface area contributed by atoms with Crippen molar-refractivity contribution in [2.75, 3.05) is 31.1 Å². The predicted molar refractivity (Wildman–Crippen MR) is 108 cm³/mol. The first-order chi connectivity index (χ1) is 14.8. The van der Waals surface area contributed by atoms with E-state index in [1.54, 1.807) is 19.1 Å². The molecule has 1 unspecified atom stereocenters. The molecule has 8 nitrogen and oxygen atoms in total. The molecule has 168 valence electrons. The normalized spacial score (nSPS) is 18.4. The molecular formula is C21H27F2N5O3. The minimum Gasteiger partial charge on any atom is -0.477 e. The molecule has 0 aromatic carbocycles. The van der Waals surface area contributed by atoms with Crippen molar-refractivity contribution in [2.45, 2.75) is 45.5 Å². The molecule has 1 saturated carbocycles. The number of rotatable bonds is 10. The molecule has 2 aromatic heterocycles. The molecule has 4 rings (SSSR count). The quantitative estimate of drug-likeness (QED) is 0.613. The minimum absolute atomic E-state index is 0.116. The lowest BCUT2D eigenvalue weighted by Gasteiger charge is -2.40. The zero-order chi connectivity index (χ0) is 22.0. The highest BCUT2D eigenvalue weighted by molar-refractivity contribution is 5.98. The first-order valence-corrected chi connectivity index (χ1v) is 10.6. The van der Waals surface area contributed by atoms with E-state index in [4.69, 9.17) is 9.26 Å². The van der Waals surface area contributed by atoms with Crippen LogP contribution in [0.2, 0.25) is 0 Å². The SMILES string of the molecule is Cc1nc(CC(C)CCNC(=O)c2nc(OCC3CC3)ccc2N2CC(F)(F)C2)no1. The van der Waals surface area contributed by atoms with Crippen LogP contribution in [0, 0.1) is 18.8 Å². The summed E-state index contributed by atoms with van der Waals surface area (Å²) < 4.78 is 37.4.